The van der Waals surface area contributed by atoms with E-state index < -0.39 is 5.95 Å². The lowest BCUT2D eigenvalue weighted by Crippen LogP contribution is -2.11. The highest BCUT2D eigenvalue weighted by molar-refractivity contribution is 6.55. The Morgan fingerprint density at radius 3 is 2.80 bits per heavy atom. The van der Waals surface area contributed by atoms with Crippen LogP contribution < -0.4 is 0 Å². The number of hydrogen-bond acceptors (Lipinski definition) is 3. The normalized spacial score (nSPS) is 23.1. The molecule has 1 aromatic heterocycles. The fourth-order valence-corrected chi connectivity index (χ4v) is 2.61. The van der Waals surface area contributed by atoms with Crippen LogP contribution in [0.2, 0.25) is 0 Å². The second-order valence-corrected chi connectivity index (χ2v) is 6.35. The number of hydrogen-bond donors (Lipinski definition) is 0. The minimum Gasteiger partial charge on any atom is -0.459 e. The van der Waals surface area contributed by atoms with Gasteiger partial charge in [0, 0.05) is 0 Å². The Bertz CT molecular complexity index is 556. The summed E-state index contributed by atoms with van der Waals surface area (Å²) in [6, 6.07) is 4.35. The summed E-state index contributed by atoms with van der Waals surface area (Å²) in [5.41, 5.74) is 0.140. The molecule has 108 valence electrons. The zero-order valence-corrected chi connectivity index (χ0v) is 12.6. The molecule has 2 atom stereocenters. The van der Waals surface area contributed by atoms with Crippen molar-refractivity contribution in [3.63, 3.8) is 0 Å². The van der Waals surface area contributed by atoms with Gasteiger partial charge < -0.3 is 4.74 Å². The molecule has 0 spiro atoms. The Hall–Kier alpha value is -1.13. The number of aromatic nitrogens is 1. The number of pyridine rings is 1. The molecule has 1 aromatic rings. The number of halogens is 3. The van der Waals surface area contributed by atoms with Crippen molar-refractivity contribution in [2.24, 2.45) is 17.3 Å². The van der Waals surface area contributed by atoms with E-state index in [1.54, 1.807) is 12.1 Å². The molecular formula is C14H14Cl2FNO2. The number of ether oxygens (including phenoxy) is 1. The zero-order valence-electron chi connectivity index (χ0n) is 11.1. The molecule has 2 unspecified atom stereocenters. The lowest BCUT2D eigenvalue weighted by Gasteiger charge is -2.05. The fourth-order valence-electron chi connectivity index (χ4n) is 2.34. The van der Waals surface area contributed by atoms with Gasteiger partial charge in [-0.05, 0) is 29.5 Å². The number of carbonyl (C=O) groups excluding carboxylic acids is 1. The maximum Gasteiger partial charge on any atom is 0.310 e. The van der Waals surface area contributed by atoms with Crippen LogP contribution in [0.3, 0.4) is 0 Å². The third-order valence-electron chi connectivity index (χ3n) is 3.61. The van der Waals surface area contributed by atoms with Crippen molar-refractivity contribution in [1.82, 2.24) is 4.98 Å². The molecule has 20 heavy (non-hydrogen) atoms. The fraction of sp³-hybridized carbons (Fsp3) is 0.429. The molecule has 3 nitrogen and oxygen atoms in total. The standard InChI is InChI=1S/C14H14Cl2FNO2/c1-14(2)9(6-10(15)16)12(14)13(19)20-7-8-4-3-5-11(17)18-8/h3-6,9,12H,7H2,1-2H3. The van der Waals surface area contributed by atoms with Gasteiger partial charge in [-0.1, -0.05) is 43.1 Å². The third-order valence-corrected chi connectivity index (χ3v) is 3.86. The maximum atomic E-state index is 12.9. The molecule has 0 saturated heterocycles. The van der Waals surface area contributed by atoms with Crippen LogP contribution in [0.5, 0.6) is 0 Å². The molecule has 1 aliphatic carbocycles. The van der Waals surface area contributed by atoms with Crippen molar-refractivity contribution < 1.29 is 13.9 Å². The van der Waals surface area contributed by atoms with E-state index in [0.717, 1.165) is 0 Å². The predicted octanol–water partition coefficient (Wildman–Crippen LogP) is 3.86. The molecule has 0 aromatic carbocycles. The number of carbonyl (C=O) groups is 1. The minimum absolute atomic E-state index is 0.0412. The molecule has 0 bridgehead atoms. The van der Waals surface area contributed by atoms with E-state index in [9.17, 15) is 9.18 Å². The quantitative estimate of drug-likeness (QED) is 0.625. The van der Waals surface area contributed by atoms with Crippen LogP contribution in [0, 0.1) is 23.2 Å². The predicted molar refractivity (Wildman–Crippen MR) is 74.5 cm³/mol. The van der Waals surface area contributed by atoms with Gasteiger partial charge in [0.05, 0.1) is 11.6 Å². The molecule has 0 radical (unpaired) electrons. The molecule has 1 heterocycles. The van der Waals surface area contributed by atoms with Crippen LogP contribution in [0.4, 0.5) is 4.39 Å². The molecule has 0 aliphatic heterocycles. The summed E-state index contributed by atoms with van der Waals surface area (Å²) in [4.78, 5) is 15.6. The van der Waals surface area contributed by atoms with Crippen LogP contribution in [0.1, 0.15) is 19.5 Å². The molecule has 1 saturated carbocycles. The van der Waals surface area contributed by atoms with Gasteiger partial charge in [-0.3, -0.25) is 4.79 Å². The Morgan fingerprint density at radius 2 is 2.20 bits per heavy atom. The van der Waals surface area contributed by atoms with Gasteiger partial charge in [-0.15, -0.1) is 0 Å². The number of nitrogens with zero attached hydrogens (tertiary/aromatic N) is 1. The summed E-state index contributed by atoms with van der Waals surface area (Å²) in [6.07, 6.45) is 1.65. The first-order chi connectivity index (χ1) is 9.32. The van der Waals surface area contributed by atoms with Gasteiger partial charge in [0.2, 0.25) is 5.95 Å². The minimum atomic E-state index is -0.597. The van der Waals surface area contributed by atoms with Crippen LogP contribution in [-0.4, -0.2) is 11.0 Å². The van der Waals surface area contributed by atoms with E-state index in [1.807, 2.05) is 13.8 Å². The maximum absolute atomic E-state index is 12.9. The van der Waals surface area contributed by atoms with E-state index >= 15 is 0 Å². The van der Waals surface area contributed by atoms with Crippen molar-refractivity contribution in [3.8, 4) is 0 Å². The van der Waals surface area contributed by atoms with E-state index in [4.69, 9.17) is 27.9 Å². The second kappa shape index (κ2) is 5.70. The van der Waals surface area contributed by atoms with Crippen molar-refractivity contribution in [1.29, 1.82) is 0 Å². The Balaban J connectivity index is 1.95. The van der Waals surface area contributed by atoms with Gasteiger partial charge >= 0.3 is 5.97 Å². The molecule has 6 heteroatoms. The molecule has 1 fully saturated rings. The Kier molecular flexibility index (Phi) is 4.35. The summed E-state index contributed by atoms with van der Waals surface area (Å²) in [5.74, 6) is -1.28. The third kappa shape index (κ3) is 3.30. The summed E-state index contributed by atoms with van der Waals surface area (Å²) < 4.78 is 18.2. The molecule has 2 rings (SSSR count). The second-order valence-electron chi connectivity index (χ2n) is 5.34. The summed E-state index contributed by atoms with van der Waals surface area (Å²) >= 11 is 11.2. The average Bonchev–Trinajstić information content (AvgIpc) is 2.87. The SMILES string of the molecule is CC1(C)C(C=C(Cl)Cl)C1C(=O)OCc1cccc(F)n1. The van der Waals surface area contributed by atoms with Gasteiger partial charge in [0.25, 0.3) is 0 Å². The van der Waals surface area contributed by atoms with Crippen LogP contribution in [-0.2, 0) is 16.1 Å². The first-order valence-corrected chi connectivity index (χ1v) is 6.89. The summed E-state index contributed by atoms with van der Waals surface area (Å²) in [6.45, 7) is 3.84. The number of rotatable bonds is 4. The summed E-state index contributed by atoms with van der Waals surface area (Å²) in [7, 11) is 0. The highest BCUT2D eigenvalue weighted by Crippen LogP contribution is 2.60. The van der Waals surface area contributed by atoms with E-state index in [2.05, 4.69) is 4.98 Å². The van der Waals surface area contributed by atoms with Crippen molar-refractivity contribution in [3.05, 3.63) is 40.4 Å². The van der Waals surface area contributed by atoms with Gasteiger partial charge in [-0.2, -0.15) is 4.39 Å². The van der Waals surface area contributed by atoms with Crippen LogP contribution in [0.15, 0.2) is 28.8 Å². The number of allylic oxidation sites excluding steroid dienone is 1. The van der Waals surface area contributed by atoms with Crippen LogP contribution in [0.25, 0.3) is 0 Å². The molecular weight excluding hydrogens is 304 g/mol. The topological polar surface area (TPSA) is 39.2 Å². The lowest BCUT2D eigenvalue weighted by atomic mass is 10.1. The van der Waals surface area contributed by atoms with E-state index in [1.165, 1.54) is 12.1 Å². The number of esters is 1. The lowest BCUT2D eigenvalue weighted by molar-refractivity contribution is -0.147. The highest BCUT2D eigenvalue weighted by atomic mass is 35.5. The molecule has 0 N–H and O–H groups in total. The van der Waals surface area contributed by atoms with Gasteiger partial charge in [-0.25, -0.2) is 4.98 Å². The van der Waals surface area contributed by atoms with Gasteiger partial charge in [0.15, 0.2) is 0 Å². The zero-order chi connectivity index (χ0) is 14.9. The van der Waals surface area contributed by atoms with E-state index in [-0.39, 0.29) is 34.3 Å². The largest absolute Gasteiger partial charge is 0.459 e. The average molecular weight is 318 g/mol. The smallest absolute Gasteiger partial charge is 0.310 e. The van der Waals surface area contributed by atoms with Crippen LogP contribution >= 0.6 is 23.2 Å². The Morgan fingerprint density at radius 1 is 1.50 bits per heavy atom. The first kappa shape index (κ1) is 15.3. The molecule has 0 amide bonds. The molecule has 1 aliphatic rings. The van der Waals surface area contributed by atoms with Crippen molar-refractivity contribution in [2.75, 3.05) is 0 Å². The van der Waals surface area contributed by atoms with Crippen molar-refractivity contribution >= 4 is 29.2 Å². The first-order valence-electron chi connectivity index (χ1n) is 6.13. The van der Waals surface area contributed by atoms with Gasteiger partial charge in [0.1, 0.15) is 11.1 Å². The summed E-state index contributed by atoms with van der Waals surface area (Å²) in [5, 5.41) is 0. The highest BCUT2D eigenvalue weighted by Gasteiger charge is 2.61. The monoisotopic (exact) mass is 317 g/mol. The van der Waals surface area contributed by atoms with Crippen molar-refractivity contribution in [2.45, 2.75) is 20.5 Å². The Labute approximate surface area is 126 Å². The van der Waals surface area contributed by atoms with E-state index in [0.29, 0.717) is 5.69 Å².